The zero-order chi connectivity index (χ0) is 21.9. The van der Waals surface area contributed by atoms with Crippen molar-refractivity contribution in [2.24, 2.45) is 0 Å². The Morgan fingerprint density at radius 2 is 1.83 bits per heavy atom. The molecule has 7 nitrogen and oxygen atoms in total. The van der Waals surface area contributed by atoms with Crippen molar-refractivity contribution in [1.82, 2.24) is 14.9 Å². The largest absolute Gasteiger partial charge is 0.306 e. The first-order chi connectivity index (χ1) is 14.3. The minimum atomic E-state index is -0.200. The molecule has 2 amide bonds. The van der Waals surface area contributed by atoms with Crippen molar-refractivity contribution in [3.8, 4) is 0 Å². The zero-order valence-electron chi connectivity index (χ0n) is 18.6. The minimum Gasteiger partial charge on any atom is -0.306 e. The van der Waals surface area contributed by atoms with Gasteiger partial charge in [-0.2, -0.15) is 0 Å². The van der Waals surface area contributed by atoms with Gasteiger partial charge < -0.3 is 4.90 Å². The van der Waals surface area contributed by atoms with Crippen molar-refractivity contribution in [3.05, 3.63) is 42.4 Å². The van der Waals surface area contributed by atoms with Crippen LogP contribution in [-0.4, -0.2) is 51.9 Å². The third-order valence-electron chi connectivity index (χ3n) is 5.41. The maximum absolute atomic E-state index is 13.7. The van der Waals surface area contributed by atoms with Crippen molar-refractivity contribution >= 4 is 29.0 Å². The van der Waals surface area contributed by atoms with E-state index in [1.54, 1.807) is 9.80 Å². The summed E-state index contributed by atoms with van der Waals surface area (Å²) in [5.41, 5.74) is 1.54. The Bertz CT molecular complexity index is 922. The minimum absolute atomic E-state index is 0.112. The van der Waals surface area contributed by atoms with Gasteiger partial charge in [-0.25, -0.2) is 9.97 Å². The van der Waals surface area contributed by atoms with Gasteiger partial charge in [-0.05, 0) is 52.8 Å². The molecule has 0 saturated carbocycles. The van der Waals surface area contributed by atoms with Gasteiger partial charge in [0.25, 0.3) is 5.91 Å². The van der Waals surface area contributed by atoms with Crippen molar-refractivity contribution in [2.75, 3.05) is 29.4 Å². The molecule has 0 unspecified atom stereocenters. The number of nitrogens with zero attached hydrogens (tertiary/aromatic N) is 5. The van der Waals surface area contributed by atoms with Crippen LogP contribution in [0.15, 0.2) is 36.8 Å². The van der Waals surface area contributed by atoms with E-state index in [4.69, 9.17) is 0 Å². The molecule has 0 aliphatic carbocycles. The molecule has 0 atom stereocenters. The van der Waals surface area contributed by atoms with Gasteiger partial charge in [-0.15, -0.1) is 0 Å². The molecular formula is C23H31N5O2. The van der Waals surface area contributed by atoms with E-state index in [0.29, 0.717) is 29.3 Å². The molecule has 160 valence electrons. The number of unbranched alkanes of at least 4 members (excludes halogenated alkanes) is 1. The highest BCUT2D eigenvalue weighted by Gasteiger charge is 2.35. The Morgan fingerprint density at radius 3 is 2.47 bits per heavy atom. The summed E-state index contributed by atoms with van der Waals surface area (Å²) in [4.78, 5) is 40.8. The Morgan fingerprint density at radius 1 is 1.13 bits per heavy atom. The van der Waals surface area contributed by atoms with Crippen molar-refractivity contribution < 1.29 is 9.59 Å². The smallest absolute Gasteiger partial charge is 0.263 e. The van der Waals surface area contributed by atoms with Gasteiger partial charge in [-0.1, -0.05) is 25.5 Å². The van der Waals surface area contributed by atoms with Crippen LogP contribution >= 0.6 is 0 Å². The Kier molecular flexibility index (Phi) is 6.51. The average Bonchev–Trinajstić information content (AvgIpc) is 2.82. The fourth-order valence-corrected chi connectivity index (χ4v) is 3.70. The van der Waals surface area contributed by atoms with E-state index in [1.807, 2.05) is 31.2 Å². The first kappa shape index (κ1) is 21.9. The highest BCUT2D eigenvalue weighted by Crippen LogP contribution is 2.39. The third kappa shape index (κ3) is 4.21. The van der Waals surface area contributed by atoms with E-state index in [9.17, 15) is 9.59 Å². The molecule has 1 aliphatic heterocycles. The number of hydrogen-bond donors (Lipinski definition) is 0. The number of amides is 2. The van der Waals surface area contributed by atoms with Gasteiger partial charge >= 0.3 is 0 Å². The van der Waals surface area contributed by atoms with Crippen LogP contribution in [-0.2, 0) is 4.79 Å². The molecule has 2 aromatic rings. The summed E-state index contributed by atoms with van der Waals surface area (Å²) < 4.78 is 0. The molecule has 0 N–H and O–H groups in total. The van der Waals surface area contributed by atoms with E-state index in [2.05, 4.69) is 42.6 Å². The highest BCUT2D eigenvalue weighted by atomic mass is 16.2. The molecule has 0 spiro atoms. The van der Waals surface area contributed by atoms with Crippen LogP contribution in [0, 0.1) is 0 Å². The summed E-state index contributed by atoms with van der Waals surface area (Å²) in [5, 5.41) is 0. The summed E-state index contributed by atoms with van der Waals surface area (Å²) in [6, 6.07) is 7.49. The normalized spacial score (nSPS) is 13.9. The zero-order valence-corrected chi connectivity index (χ0v) is 18.6. The SMILES string of the molecule is CCCCN(CC(=O)N1c2ccccc2N(CC)C(=O)c2cncnc21)C(C)(C)C. The van der Waals surface area contributed by atoms with Crippen LogP contribution < -0.4 is 9.80 Å². The van der Waals surface area contributed by atoms with E-state index in [0.717, 1.165) is 19.4 Å². The number of carbonyl (C=O) groups excluding carboxylic acids is 2. The lowest BCUT2D eigenvalue weighted by Gasteiger charge is -2.36. The highest BCUT2D eigenvalue weighted by molar-refractivity contribution is 6.18. The molecule has 0 bridgehead atoms. The lowest BCUT2D eigenvalue weighted by atomic mass is 10.1. The molecular weight excluding hydrogens is 378 g/mol. The van der Waals surface area contributed by atoms with E-state index < -0.39 is 0 Å². The standard InChI is InChI=1S/C23H31N5O2/c1-6-8-13-26(23(3,4)5)15-20(29)28-19-12-10-9-11-18(19)27(7-2)22(30)17-14-24-16-25-21(17)28/h9-12,14,16H,6-8,13,15H2,1-5H3. The summed E-state index contributed by atoms with van der Waals surface area (Å²) >= 11 is 0. The summed E-state index contributed by atoms with van der Waals surface area (Å²) in [5.74, 6) is 0.0291. The third-order valence-corrected chi connectivity index (χ3v) is 5.41. The van der Waals surface area contributed by atoms with Crippen LogP contribution in [0.3, 0.4) is 0 Å². The number of para-hydroxylation sites is 2. The van der Waals surface area contributed by atoms with Gasteiger partial charge in [0.15, 0.2) is 5.82 Å². The van der Waals surface area contributed by atoms with Gasteiger partial charge in [0, 0.05) is 18.3 Å². The molecule has 0 radical (unpaired) electrons. The summed E-state index contributed by atoms with van der Waals surface area (Å²) in [7, 11) is 0. The van der Waals surface area contributed by atoms with Gasteiger partial charge in [0.2, 0.25) is 5.91 Å². The van der Waals surface area contributed by atoms with Gasteiger partial charge in [0.05, 0.1) is 17.9 Å². The topological polar surface area (TPSA) is 69.6 Å². The van der Waals surface area contributed by atoms with Crippen molar-refractivity contribution in [3.63, 3.8) is 0 Å². The maximum atomic E-state index is 13.7. The second kappa shape index (κ2) is 8.92. The van der Waals surface area contributed by atoms with E-state index in [-0.39, 0.29) is 23.9 Å². The van der Waals surface area contributed by atoms with Crippen LogP contribution in [0.1, 0.15) is 57.8 Å². The molecule has 3 rings (SSSR count). The Hall–Kier alpha value is -2.80. The fraction of sp³-hybridized carbons (Fsp3) is 0.478. The average molecular weight is 410 g/mol. The Balaban J connectivity index is 2.10. The number of fused-ring (bicyclic) bond motifs is 2. The lowest BCUT2D eigenvalue weighted by molar-refractivity contribution is -0.120. The fourth-order valence-electron chi connectivity index (χ4n) is 3.70. The first-order valence-corrected chi connectivity index (χ1v) is 10.6. The van der Waals surface area contributed by atoms with Gasteiger partial charge in [-0.3, -0.25) is 19.4 Å². The number of benzene rings is 1. The summed E-state index contributed by atoms with van der Waals surface area (Å²) in [6.45, 7) is 12.0. The maximum Gasteiger partial charge on any atom is 0.263 e. The summed E-state index contributed by atoms with van der Waals surface area (Å²) in [6.07, 6.45) is 4.96. The van der Waals surface area contributed by atoms with Gasteiger partial charge in [0.1, 0.15) is 11.9 Å². The molecule has 1 aromatic carbocycles. The molecule has 0 fully saturated rings. The second-order valence-electron chi connectivity index (χ2n) is 8.47. The molecule has 1 aliphatic rings. The number of carbonyl (C=O) groups is 2. The van der Waals surface area contributed by atoms with Crippen LogP contribution in [0.5, 0.6) is 0 Å². The van der Waals surface area contributed by atoms with Crippen LogP contribution in [0.2, 0.25) is 0 Å². The number of hydrogen-bond acceptors (Lipinski definition) is 5. The van der Waals surface area contributed by atoms with Crippen LogP contribution in [0.4, 0.5) is 17.2 Å². The van der Waals surface area contributed by atoms with Crippen LogP contribution in [0.25, 0.3) is 0 Å². The molecule has 0 saturated heterocycles. The molecule has 30 heavy (non-hydrogen) atoms. The van der Waals surface area contributed by atoms with Crippen molar-refractivity contribution in [2.45, 2.75) is 53.0 Å². The Labute approximate surface area is 178 Å². The number of anilines is 3. The molecule has 2 heterocycles. The second-order valence-corrected chi connectivity index (χ2v) is 8.47. The first-order valence-electron chi connectivity index (χ1n) is 10.6. The molecule has 7 heteroatoms. The van der Waals surface area contributed by atoms with Crippen molar-refractivity contribution in [1.29, 1.82) is 0 Å². The predicted molar refractivity (Wildman–Crippen MR) is 119 cm³/mol. The number of rotatable bonds is 6. The van der Waals surface area contributed by atoms with E-state index in [1.165, 1.54) is 12.5 Å². The number of aromatic nitrogens is 2. The predicted octanol–water partition coefficient (Wildman–Crippen LogP) is 4.02. The monoisotopic (exact) mass is 409 g/mol. The molecule has 1 aromatic heterocycles. The van der Waals surface area contributed by atoms with E-state index >= 15 is 0 Å². The quantitative estimate of drug-likeness (QED) is 0.721. The lowest BCUT2D eigenvalue weighted by Crippen LogP contribution is -2.48.